The van der Waals surface area contributed by atoms with Gasteiger partial charge in [0.1, 0.15) is 6.04 Å². The number of rotatable bonds is 7. The predicted octanol–water partition coefficient (Wildman–Crippen LogP) is 1.85. The largest absolute Gasteiger partial charge is 0.480 e. The van der Waals surface area contributed by atoms with Crippen molar-refractivity contribution in [1.29, 1.82) is 0 Å². The molecule has 1 aromatic rings. The number of hydrogen-bond acceptors (Lipinski definition) is 4. The smallest absolute Gasteiger partial charge is 0.326 e. The van der Waals surface area contributed by atoms with E-state index in [1.807, 2.05) is 6.92 Å². The Hall–Kier alpha value is -1.89. The fourth-order valence-electron chi connectivity index (χ4n) is 1.86. The molecule has 0 aliphatic rings. The minimum atomic E-state index is -3.39. The Morgan fingerprint density at radius 1 is 1.18 bits per heavy atom. The van der Waals surface area contributed by atoms with Gasteiger partial charge in [-0.05, 0) is 44.5 Å². The third kappa shape index (κ3) is 4.30. The Bertz CT molecular complexity index is 634. The van der Waals surface area contributed by atoms with E-state index in [-0.39, 0.29) is 10.5 Å². The van der Waals surface area contributed by atoms with E-state index in [4.69, 9.17) is 5.11 Å². The quantitative estimate of drug-likeness (QED) is 0.796. The van der Waals surface area contributed by atoms with E-state index in [2.05, 4.69) is 5.32 Å². The molecular weight excluding hydrogens is 306 g/mol. The highest BCUT2D eigenvalue weighted by Crippen LogP contribution is 2.16. The molecule has 22 heavy (non-hydrogen) atoms. The molecule has 6 nitrogen and oxygen atoms in total. The molecule has 0 spiro atoms. The molecule has 1 rings (SSSR count). The zero-order valence-corrected chi connectivity index (χ0v) is 13.7. The molecule has 0 heterocycles. The fourth-order valence-corrected chi connectivity index (χ4v) is 2.92. The number of nitrogens with one attached hydrogen (secondary N) is 1. The lowest BCUT2D eigenvalue weighted by atomic mass is 10.1. The third-order valence-corrected chi connectivity index (χ3v) is 5.42. The van der Waals surface area contributed by atoms with Crippen molar-refractivity contribution < 1.29 is 23.1 Å². The lowest BCUT2D eigenvalue weighted by Crippen LogP contribution is -2.40. The monoisotopic (exact) mass is 327 g/mol. The molecule has 0 radical (unpaired) electrons. The van der Waals surface area contributed by atoms with Gasteiger partial charge in [-0.15, -0.1) is 0 Å². The molecule has 0 fully saturated rings. The van der Waals surface area contributed by atoms with Gasteiger partial charge in [0.15, 0.2) is 9.84 Å². The second-order valence-electron chi connectivity index (χ2n) is 5.27. The molecule has 0 aliphatic heterocycles. The highest BCUT2D eigenvalue weighted by atomic mass is 32.2. The summed E-state index contributed by atoms with van der Waals surface area (Å²) in [5.41, 5.74) is 0.227. The number of benzene rings is 1. The van der Waals surface area contributed by atoms with Crippen molar-refractivity contribution >= 4 is 21.7 Å². The van der Waals surface area contributed by atoms with Crippen LogP contribution >= 0.6 is 0 Å². The van der Waals surface area contributed by atoms with Crippen molar-refractivity contribution in [3.8, 4) is 0 Å². The van der Waals surface area contributed by atoms with Crippen LogP contribution in [0.3, 0.4) is 0 Å². The van der Waals surface area contributed by atoms with Crippen LogP contribution in [0.15, 0.2) is 29.2 Å². The first kappa shape index (κ1) is 18.2. The van der Waals surface area contributed by atoms with Gasteiger partial charge in [-0.1, -0.05) is 13.3 Å². The molecule has 0 aliphatic carbocycles. The second kappa shape index (κ2) is 7.40. The summed E-state index contributed by atoms with van der Waals surface area (Å²) < 4.78 is 24.0. The van der Waals surface area contributed by atoms with Gasteiger partial charge in [0.2, 0.25) is 0 Å². The number of carbonyl (C=O) groups is 2. The van der Waals surface area contributed by atoms with Crippen LogP contribution in [0, 0.1) is 0 Å². The minimum Gasteiger partial charge on any atom is -0.480 e. The summed E-state index contributed by atoms with van der Waals surface area (Å²) in [7, 11) is -3.39. The molecule has 1 aromatic carbocycles. The Morgan fingerprint density at radius 3 is 2.14 bits per heavy atom. The summed E-state index contributed by atoms with van der Waals surface area (Å²) in [4.78, 5) is 23.2. The lowest BCUT2D eigenvalue weighted by Gasteiger charge is -2.14. The van der Waals surface area contributed by atoms with Gasteiger partial charge in [-0.3, -0.25) is 4.79 Å². The molecule has 1 atom stereocenters. The Kier molecular flexibility index (Phi) is 6.11. The number of amides is 1. The van der Waals surface area contributed by atoms with Crippen molar-refractivity contribution in [1.82, 2.24) is 5.32 Å². The van der Waals surface area contributed by atoms with Crippen LogP contribution in [0.2, 0.25) is 0 Å². The van der Waals surface area contributed by atoms with E-state index in [1.54, 1.807) is 13.8 Å². The van der Waals surface area contributed by atoms with Crippen LogP contribution in [-0.4, -0.2) is 36.7 Å². The number of carboxylic acid groups (broad SMARTS) is 1. The maximum atomic E-state index is 12.0. The standard InChI is InChI=1S/C15H21NO5S/c1-4-5-13(15(18)19)16-14(17)11-6-8-12(9-7-11)22(20,21)10(2)3/h6-10,13H,4-5H2,1-3H3,(H,16,17)(H,18,19). The molecule has 0 saturated carbocycles. The van der Waals surface area contributed by atoms with Crippen LogP contribution in [-0.2, 0) is 14.6 Å². The number of hydrogen-bond donors (Lipinski definition) is 2. The predicted molar refractivity (Wildman–Crippen MR) is 82.6 cm³/mol. The maximum Gasteiger partial charge on any atom is 0.326 e. The van der Waals surface area contributed by atoms with Gasteiger partial charge in [0.25, 0.3) is 5.91 Å². The minimum absolute atomic E-state index is 0.141. The summed E-state index contributed by atoms with van der Waals surface area (Å²) in [5, 5.41) is 10.9. The van der Waals surface area contributed by atoms with Crippen molar-refractivity contribution in [3.05, 3.63) is 29.8 Å². The highest BCUT2D eigenvalue weighted by Gasteiger charge is 2.21. The topological polar surface area (TPSA) is 101 Å². The summed E-state index contributed by atoms with van der Waals surface area (Å²) in [6, 6.07) is 4.54. The molecule has 2 N–H and O–H groups in total. The summed E-state index contributed by atoms with van der Waals surface area (Å²) in [6.45, 7) is 4.99. The molecule has 1 amide bonds. The fraction of sp³-hybridized carbons (Fsp3) is 0.467. The molecule has 0 aromatic heterocycles. The van der Waals surface area contributed by atoms with Crippen LogP contribution in [0.4, 0.5) is 0 Å². The van der Waals surface area contributed by atoms with Crippen molar-refractivity contribution in [2.24, 2.45) is 0 Å². The van der Waals surface area contributed by atoms with E-state index in [0.29, 0.717) is 12.8 Å². The van der Waals surface area contributed by atoms with Gasteiger partial charge in [0.05, 0.1) is 10.1 Å². The Morgan fingerprint density at radius 2 is 1.73 bits per heavy atom. The van der Waals surface area contributed by atoms with Crippen LogP contribution in [0.25, 0.3) is 0 Å². The molecule has 0 bridgehead atoms. The lowest BCUT2D eigenvalue weighted by molar-refractivity contribution is -0.139. The molecular formula is C15H21NO5S. The van der Waals surface area contributed by atoms with Gasteiger partial charge in [-0.25, -0.2) is 13.2 Å². The summed E-state index contributed by atoms with van der Waals surface area (Å²) in [5.74, 6) is -1.62. The normalized spacial score (nSPS) is 12.9. The van der Waals surface area contributed by atoms with E-state index >= 15 is 0 Å². The Labute approximate surface area is 130 Å². The Balaban J connectivity index is 2.91. The average molecular weight is 327 g/mol. The van der Waals surface area contributed by atoms with Crippen molar-refractivity contribution in [3.63, 3.8) is 0 Å². The second-order valence-corrected chi connectivity index (χ2v) is 7.78. The van der Waals surface area contributed by atoms with Crippen molar-refractivity contribution in [2.75, 3.05) is 0 Å². The van der Waals surface area contributed by atoms with Gasteiger partial charge >= 0.3 is 5.97 Å². The number of carboxylic acids is 1. The molecule has 0 saturated heterocycles. The maximum absolute atomic E-state index is 12.0. The molecule has 122 valence electrons. The van der Waals surface area contributed by atoms with E-state index < -0.39 is 33.0 Å². The van der Waals surface area contributed by atoms with E-state index in [0.717, 1.165) is 0 Å². The van der Waals surface area contributed by atoms with E-state index in [9.17, 15) is 18.0 Å². The first-order chi connectivity index (χ1) is 10.2. The summed E-state index contributed by atoms with van der Waals surface area (Å²) >= 11 is 0. The average Bonchev–Trinajstić information content (AvgIpc) is 2.46. The van der Waals surface area contributed by atoms with Gasteiger partial charge < -0.3 is 10.4 Å². The zero-order chi connectivity index (χ0) is 16.9. The van der Waals surface area contributed by atoms with Gasteiger partial charge in [-0.2, -0.15) is 0 Å². The van der Waals surface area contributed by atoms with Crippen LogP contribution in [0.5, 0.6) is 0 Å². The molecule has 1 unspecified atom stereocenters. The highest BCUT2D eigenvalue weighted by molar-refractivity contribution is 7.92. The van der Waals surface area contributed by atoms with E-state index in [1.165, 1.54) is 24.3 Å². The molecule has 7 heteroatoms. The SMILES string of the molecule is CCCC(NC(=O)c1ccc(S(=O)(=O)C(C)C)cc1)C(=O)O. The first-order valence-electron chi connectivity index (χ1n) is 7.07. The zero-order valence-electron chi connectivity index (χ0n) is 12.9. The number of aliphatic carboxylic acids is 1. The van der Waals surface area contributed by atoms with Crippen molar-refractivity contribution in [2.45, 2.75) is 49.8 Å². The third-order valence-electron chi connectivity index (χ3n) is 3.25. The van der Waals surface area contributed by atoms with Gasteiger partial charge in [0, 0.05) is 5.56 Å². The summed E-state index contributed by atoms with van der Waals surface area (Å²) in [6.07, 6.45) is 0.962. The van der Waals surface area contributed by atoms with Crippen LogP contribution in [0.1, 0.15) is 44.0 Å². The number of sulfone groups is 1. The van der Waals surface area contributed by atoms with Crippen LogP contribution < -0.4 is 5.32 Å². The number of carbonyl (C=O) groups excluding carboxylic acids is 1. The first-order valence-corrected chi connectivity index (χ1v) is 8.62.